The zero-order valence-corrected chi connectivity index (χ0v) is 14.4. The Labute approximate surface area is 146 Å². The first-order chi connectivity index (χ1) is 12.1. The maximum atomic E-state index is 12.0. The number of methoxy groups -OCH3 is 1. The molecular weight excluding hydrogens is 320 g/mol. The summed E-state index contributed by atoms with van der Waals surface area (Å²) in [6, 6.07) is 6.79. The minimum atomic E-state index is -0.348. The van der Waals surface area contributed by atoms with Crippen molar-refractivity contribution in [2.75, 3.05) is 19.0 Å². The van der Waals surface area contributed by atoms with Crippen molar-refractivity contribution in [1.82, 2.24) is 14.9 Å². The van der Waals surface area contributed by atoms with Gasteiger partial charge in [0.25, 0.3) is 5.56 Å². The van der Waals surface area contributed by atoms with Crippen molar-refractivity contribution >= 4 is 11.7 Å². The molecule has 0 saturated heterocycles. The molecule has 0 atom stereocenters. The van der Waals surface area contributed by atoms with Gasteiger partial charge in [0.1, 0.15) is 5.75 Å². The van der Waals surface area contributed by atoms with Crippen LogP contribution in [0.15, 0.2) is 35.4 Å². The Morgan fingerprint density at radius 3 is 2.84 bits per heavy atom. The molecule has 2 amide bonds. The van der Waals surface area contributed by atoms with Crippen molar-refractivity contribution in [2.24, 2.45) is 0 Å². The molecule has 2 N–H and O–H groups in total. The van der Waals surface area contributed by atoms with Crippen LogP contribution in [-0.2, 0) is 6.54 Å². The Morgan fingerprint density at radius 1 is 1.36 bits per heavy atom. The van der Waals surface area contributed by atoms with Crippen molar-refractivity contribution in [3.8, 4) is 5.75 Å². The molecule has 0 aliphatic heterocycles. The maximum Gasteiger partial charge on any atom is 0.319 e. The summed E-state index contributed by atoms with van der Waals surface area (Å²) in [6.45, 7) is 2.63. The first-order valence-electron chi connectivity index (χ1n) is 8.32. The summed E-state index contributed by atoms with van der Waals surface area (Å²) >= 11 is 0. The van der Waals surface area contributed by atoms with Gasteiger partial charge in [-0.3, -0.25) is 9.36 Å². The van der Waals surface area contributed by atoms with Crippen molar-refractivity contribution in [3.05, 3.63) is 52.2 Å². The number of urea groups is 1. The fourth-order valence-electron chi connectivity index (χ4n) is 2.59. The number of anilines is 1. The number of ether oxygens (including phenoxy) is 1. The van der Waals surface area contributed by atoms with Crippen molar-refractivity contribution in [2.45, 2.75) is 32.2 Å². The predicted octanol–water partition coefficient (Wildman–Crippen LogP) is 2.26. The van der Waals surface area contributed by atoms with Crippen LogP contribution in [0.2, 0.25) is 0 Å². The molecule has 0 unspecified atom stereocenters. The van der Waals surface area contributed by atoms with E-state index in [4.69, 9.17) is 4.74 Å². The van der Waals surface area contributed by atoms with Crippen LogP contribution in [-0.4, -0.2) is 29.2 Å². The van der Waals surface area contributed by atoms with Gasteiger partial charge in [0.05, 0.1) is 24.8 Å². The highest BCUT2D eigenvalue weighted by atomic mass is 16.5. The van der Waals surface area contributed by atoms with E-state index in [1.807, 2.05) is 19.1 Å². The Balaban J connectivity index is 1.53. The zero-order valence-electron chi connectivity index (χ0n) is 14.4. The number of benzene rings is 1. The molecule has 7 nitrogen and oxygen atoms in total. The molecule has 1 aromatic carbocycles. The molecule has 0 bridgehead atoms. The van der Waals surface area contributed by atoms with Crippen LogP contribution in [0.25, 0.3) is 0 Å². The highest BCUT2D eigenvalue weighted by molar-refractivity contribution is 5.91. The summed E-state index contributed by atoms with van der Waals surface area (Å²) in [5, 5.41) is 5.49. The number of rotatable bonds is 6. The number of hydrogen-bond donors (Lipinski definition) is 2. The van der Waals surface area contributed by atoms with Crippen LogP contribution < -0.4 is 20.9 Å². The third-order valence-electron chi connectivity index (χ3n) is 4.14. The van der Waals surface area contributed by atoms with Gasteiger partial charge in [-0.2, -0.15) is 0 Å². The lowest BCUT2D eigenvalue weighted by Gasteiger charge is -2.12. The number of hydrogen-bond acceptors (Lipinski definition) is 4. The predicted molar refractivity (Wildman–Crippen MR) is 95.2 cm³/mol. The van der Waals surface area contributed by atoms with E-state index in [1.165, 1.54) is 4.57 Å². The van der Waals surface area contributed by atoms with Crippen molar-refractivity contribution in [1.29, 1.82) is 0 Å². The second-order valence-electron chi connectivity index (χ2n) is 6.20. The number of amides is 2. The summed E-state index contributed by atoms with van der Waals surface area (Å²) in [7, 11) is 1.55. The SMILES string of the molecule is COc1ccc(C)cc1NC(=O)NCCn1cnc(C2CC2)cc1=O. The molecule has 7 heteroatoms. The third-order valence-corrected chi connectivity index (χ3v) is 4.14. The summed E-state index contributed by atoms with van der Waals surface area (Å²) in [4.78, 5) is 28.4. The van der Waals surface area contributed by atoms with Crippen LogP contribution in [0.1, 0.15) is 30.0 Å². The monoisotopic (exact) mass is 342 g/mol. The highest BCUT2D eigenvalue weighted by Crippen LogP contribution is 2.38. The van der Waals surface area contributed by atoms with Gasteiger partial charge in [0.15, 0.2) is 0 Å². The first-order valence-corrected chi connectivity index (χ1v) is 8.32. The van der Waals surface area contributed by atoms with E-state index < -0.39 is 0 Å². The summed E-state index contributed by atoms with van der Waals surface area (Å²) in [6.07, 6.45) is 3.78. The number of carbonyl (C=O) groups excluding carboxylic acids is 1. The fourth-order valence-corrected chi connectivity index (χ4v) is 2.59. The van der Waals surface area contributed by atoms with E-state index in [0.29, 0.717) is 30.4 Å². The molecule has 1 fully saturated rings. The average Bonchev–Trinajstić information content (AvgIpc) is 3.41. The van der Waals surface area contributed by atoms with Crippen molar-refractivity contribution < 1.29 is 9.53 Å². The van der Waals surface area contributed by atoms with Crippen molar-refractivity contribution in [3.63, 3.8) is 0 Å². The van der Waals surface area contributed by atoms with Crippen LogP contribution in [0.4, 0.5) is 10.5 Å². The molecule has 1 aromatic heterocycles. The van der Waals surface area contributed by atoms with Gasteiger partial charge in [0, 0.05) is 25.1 Å². The molecule has 1 aliphatic carbocycles. The fraction of sp³-hybridized carbons (Fsp3) is 0.389. The molecule has 1 heterocycles. The summed E-state index contributed by atoms with van der Waals surface area (Å²) < 4.78 is 6.73. The van der Waals surface area contributed by atoms with E-state index in [-0.39, 0.29) is 11.6 Å². The standard InChI is InChI=1S/C18H22N4O3/c1-12-3-6-16(25-2)15(9-12)21-18(24)19-7-8-22-11-20-14(10-17(22)23)13-4-5-13/h3,6,9-11,13H,4-5,7-8H2,1-2H3,(H2,19,21,24). The van der Waals surface area contributed by atoms with Gasteiger partial charge in [-0.25, -0.2) is 9.78 Å². The quantitative estimate of drug-likeness (QED) is 0.843. The molecule has 2 aromatic rings. The Bertz CT molecular complexity index is 827. The Kier molecular flexibility index (Phi) is 5.02. The largest absolute Gasteiger partial charge is 0.495 e. The second-order valence-corrected chi connectivity index (χ2v) is 6.20. The number of aromatic nitrogens is 2. The average molecular weight is 342 g/mol. The molecule has 0 spiro atoms. The minimum Gasteiger partial charge on any atom is -0.495 e. The minimum absolute atomic E-state index is 0.0838. The van der Waals surface area contributed by atoms with E-state index >= 15 is 0 Å². The van der Waals surface area contributed by atoms with Gasteiger partial charge >= 0.3 is 6.03 Å². The topological polar surface area (TPSA) is 85.2 Å². The lowest BCUT2D eigenvalue weighted by molar-refractivity contribution is 0.251. The lowest BCUT2D eigenvalue weighted by atomic mass is 10.2. The van der Waals surface area contributed by atoms with E-state index in [9.17, 15) is 9.59 Å². The zero-order chi connectivity index (χ0) is 17.8. The second kappa shape index (κ2) is 7.38. The highest BCUT2D eigenvalue weighted by Gasteiger charge is 2.25. The van der Waals surface area contributed by atoms with Gasteiger partial charge in [-0.05, 0) is 37.5 Å². The molecule has 25 heavy (non-hydrogen) atoms. The Morgan fingerprint density at radius 2 is 2.16 bits per heavy atom. The van der Waals surface area contributed by atoms with E-state index in [2.05, 4.69) is 15.6 Å². The summed E-state index contributed by atoms with van der Waals surface area (Å²) in [5.41, 5.74) is 2.41. The maximum absolute atomic E-state index is 12.0. The molecule has 0 radical (unpaired) electrons. The van der Waals surface area contributed by atoms with Crippen LogP contribution >= 0.6 is 0 Å². The number of nitrogens with zero attached hydrogens (tertiary/aromatic N) is 2. The van der Waals surface area contributed by atoms with Gasteiger partial charge in [0.2, 0.25) is 0 Å². The van der Waals surface area contributed by atoms with Crippen LogP contribution in [0, 0.1) is 6.92 Å². The smallest absolute Gasteiger partial charge is 0.319 e. The molecule has 132 valence electrons. The number of aryl methyl sites for hydroxylation is 1. The van der Waals surface area contributed by atoms with Gasteiger partial charge < -0.3 is 15.4 Å². The van der Waals surface area contributed by atoms with E-state index in [0.717, 1.165) is 24.1 Å². The molecule has 3 rings (SSSR count). The molecule has 1 saturated carbocycles. The lowest BCUT2D eigenvalue weighted by Crippen LogP contribution is -2.33. The normalized spacial score (nSPS) is 13.4. The third kappa shape index (κ3) is 4.37. The van der Waals surface area contributed by atoms with Gasteiger partial charge in [-0.15, -0.1) is 0 Å². The molecule has 1 aliphatic rings. The molecular formula is C18H22N4O3. The van der Waals surface area contributed by atoms with Crippen LogP contribution in [0.5, 0.6) is 5.75 Å². The number of carbonyl (C=O) groups is 1. The number of nitrogens with one attached hydrogen (secondary N) is 2. The summed E-state index contributed by atoms with van der Waals surface area (Å²) in [5.74, 6) is 1.05. The van der Waals surface area contributed by atoms with Crippen LogP contribution in [0.3, 0.4) is 0 Å². The van der Waals surface area contributed by atoms with Gasteiger partial charge in [-0.1, -0.05) is 6.07 Å². The van der Waals surface area contributed by atoms with E-state index in [1.54, 1.807) is 25.6 Å². The Hall–Kier alpha value is -2.83. The first kappa shape index (κ1) is 17.0.